The largest absolute Gasteiger partial charge is 0.280 e. The summed E-state index contributed by atoms with van der Waals surface area (Å²) >= 11 is 0. The zero-order valence-electron chi connectivity index (χ0n) is 16.2. The topological polar surface area (TPSA) is 40.6 Å². The molecule has 4 heteroatoms. The van der Waals surface area contributed by atoms with Crippen molar-refractivity contribution in [1.29, 1.82) is 0 Å². The van der Waals surface area contributed by atoms with Crippen LogP contribution in [0.4, 0.5) is 22.7 Å². The quantitative estimate of drug-likeness (QED) is 0.467. The second kappa shape index (κ2) is 6.29. The van der Waals surface area contributed by atoms with E-state index in [0.717, 1.165) is 44.6 Å². The number of rotatable bonds is 2. The molecule has 6 rings (SSSR count). The number of hydrogen-bond donors (Lipinski definition) is 0. The number of carbonyl (C=O) groups excluding carboxylic acids is 2. The van der Waals surface area contributed by atoms with Crippen LogP contribution in [-0.2, 0) is 22.4 Å². The number of nitrogens with zero attached hydrogens (tertiary/aromatic N) is 2. The number of hydrogen-bond acceptors (Lipinski definition) is 2. The van der Waals surface area contributed by atoms with Gasteiger partial charge in [-0.2, -0.15) is 0 Å². The first-order valence-corrected chi connectivity index (χ1v) is 10.1. The van der Waals surface area contributed by atoms with Crippen molar-refractivity contribution in [2.75, 3.05) is 9.80 Å². The molecule has 144 valence electrons. The first kappa shape index (κ1) is 17.0. The molecule has 2 heterocycles. The van der Waals surface area contributed by atoms with Crippen LogP contribution in [0.15, 0.2) is 84.9 Å². The lowest BCUT2D eigenvalue weighted by atomic mass is 9.99. The first-order valence-electron chi connectivity index (χ1n) is 10.1. The summed E-state index contributed by atoms with van der Waals surface area (Å²) in [6.07, 6.45) is 0.775. The Morgan fingerprint density at radius 2 is 0.900 bits per heavy atom. The maximum Gasteiger partial charge on any atom is 0.236 e. The van der Waals surface area contributed by atoms with Gasteiger partial charge in [0.2, 0.25) is 11.8 Å². The maximum atomic E-state index is 12.9. The van der Waals surface area contributed by atoms with Gasteiger partial charge in [-0.1, -0.05) is 60.7 Å². The van der Waals surface area contributed by atoms with E-state index in [1.807, 2.05) is 82.6 Å². The third kappa shape index (κ3) is 2.34. The summed E-state index contributed by atoms with van der Waals surface area (Å²) in [6, 6.07) is 27.7. The SMILES string of the molecule is O=C1Cc2ccc3c4c(ccc3c2N1c1ccccc1)CC(=O)N4c1ccccc1. The standard InChI is InChI=1S/C26H18N2O2/c29-23-15-17-11-14-22-21(25(17)27(23)19-7-3-1-4-8-19)13-12-18-16-24(30)28(26(18)22)20-9-5-2-6-10-20/h1-14H,15-16H2. The molecule has 0 fully saturated rings. The third-order valence-electron chi connectivity index (χ3n) is 5.97. The molecule has 2 amide bonds. The van der Waals surface area contributed by atoms with Gasteiger partial charge in [-0.05, 0) is 35.4 Å². The van der Waals surface area contributed by atoms with Gasteiger partial charge in [-0.15, -0.1) is 0 Å². The Balaban J connectivity index is 1.61. The van der Waals surface area contributed by atoms with Gasteiger partial charge in [0.1, 0.15) is 0 Å². The average molecular weight is 390 g/mol. The molecule has 0 aliphatic carbocycles. The predicted molar refractivity (Wildman–Crippen MR) is 119 cm³/mol. The fourth-order valence-electron chi connectivity index (χ4n) is 4.71. The molecular formula is C26H18N2O2. The van der Waals surface area contributed by atoms with Crippen molar-refractivity contribution in [3.8, 4) is 0 Å². The predicted octanol–water partition coefficient (Wildman–Crippen LogP) is 5.28. The fourth-order valence-corrected chi connectivity index (χ4v) is 4.71. The van der Waals surface area contributed by atoms with E-state index in [2.05, 4.69) is 12.1 Å². The molecule has 2 aliphatic heterocycles. The molecule has 0 bridgehead atoms. The van der Waals surface area contributed by atoms with Crippen molar-refractivity contribution in [3.05, 3.63) is 96.1 Å². The summed E-state index contributed by atoms with van der Waals surface area (Å²) in [7, 11) is 0. The lowest BCUT2D eigenvalue weighted by Gasteiger charge is -2.23. The molecule has 0 unspecified atom stereocenters. The zero-order valence-corrected chi connectivity index (χ0v) is 16.2. The Morgan fingerprint density at radius 3 is 1.30 bits per heavy atom. The van der Waals surface area contributed by atoms with Gasteiger partial charge in [0.05, 0.1) is 24.2 Å². The molecular weight excluding hydrogens is 372 g/mol. The summed E-state index contributed by atoms with van der Waals surface area (Å²) in [5.41, 5.74) is 5.63. The van der Waals surface area contributed by atoms with Gasteiger partial charge >= 0.3 is 0 Å². The summed E-state index contributed by atoms with van der Waals surface area (Å²) in [5.74, 6) is 0.139. The number of benzene rings is 4. The van der Waals surface area contributed by atoms with E-state index in [1.54, 1.807) is 0 Å². The van der Waals surface area contributed by atoms with Crippen molar-refractivity contribution >= 4 is 45.3 Å². The molecule has 0 radical (unpaired) electrons. The minimum atomic E-state index is 0.0696. The molecule has 0 aromatic heterocycles. The molecule has 0 spiro atoms. The Morgan fingerprint density at radius 1 is 0.500 bits per heavy atom. The van der Waals surface area contributed by atoms with Gasteiger partial charge < -0.3 is 0 Å². The maximum absolute atomic E-state index is 12.9. The summed E-state index contributed by atoms with van der Waals surface area (Å²) in [6.45, 7) is 0. The smallest absolute Gasteiger partial charge is 0.236 e. The fraction of sp³-hybridized carbons (Fsp3) is 0.0769. The molecule has 4 aromatic rings. The van der Waals surface area contributed by atoms with Crippen LogP contribution in [0.5, 0.6) is 0 Å². The normalized spacial score (nSPS) is 15.1. The molecule has 30 heavy (non-hydrogen) atoms. The van der Waals surface area contributed by atoms with Crippen molar-refractivity contribution < 1.29 is 9.59 Å². The molecule has 4 aromatic carbocycles. The lowest BCUT2D eigenvalue weighted by Crippen LogP contribution is -2.21. The average Bonchev–Trinajstić information content (AvgIpc) is 3.30. The van der Waals surface area contributed by atoms with E-state index in [1.165, 1.54) is 0 Å². The molecule has 0 N–H and O–H groups in total. The molecule has 0 saturated carbocycles. The zero-order chi connectivity index (χ0) is 20.2. The Hall–Kier alpha value is -3.92. The van der Waals surface area contributed by atoms with Gasteiger partial charge in [0.15, 0.2) is 0 Å². The summed E-state index contributed by atoms with van der Waals surface area (Å²) < 4.78 is 0. The van der Waals surface area contributed by atoms with Gasteiger partial charge in [0, 0.05) is 22.1 Å². The summed E-state index contributed by atoms with van der Waals surface area (Å²) in [5, 5.41) is 1.99. The van der Waals surface area contributed by atoms with Gasteiger partial charge in [-0.3, -0.25) is 19.4 Å². The first-order chi connectivity index (χ1) is 14.7. The van der Waals surface area contributed by atoms with E-state index in [4.69, 9.17) is 0 Å². The van der Waals surface area contributed by atoms with E-state index >= 15 is 0 Å². The number of fused-ring (bicyclic) bond motifs is 5. The highest BCUT2D eigenvalue weighted by Crippen LogP contribution is 2.47. The van der Waals surface area contributed by atoms with Crippen molar-refractivity contribution in [3.63, 3.8) is 0 Å². The number of carbonyl (C=O) groups is 2. The molecule has 2 aliphatic rings. The van der Waals surface area contributed by atoms with E-state index in [0.29, 0.717) is 12.8 Å². The second-order valence-electron chi connectivity index (χ2n) is 7.72. The van der Waals surface area contributed by atoms with Crippen LogP contribution < -0.4 is 9.80 Å². The van der Waals surface area contributed by atoms with Crippen LogP contribution in [0.2, 0.25) is 0 Å². The minimum Gasteiger partial charge on any atom is -0.280 e. The van der Waals surface area contributed by atoms with Crippen molar-refractivity contribution in [1.82, 2.24) is 0 Å². The van der Waals surface area contributed by atoms with Crippen molar-refractivity contribution in [2.45, 2.75) is 12.8 Å². The third-order valence-corrected chi connectivity index (χ3v) is 5.97. The van der Waals surface area contributed by atoms with Crippen LogP contribution in [0.1, 0.15) is 11.1 Å². The monoisotopic (exact) mass is 390 g/mol. The van der Waals surface area contributed by atoms with E-state index in [-0.39, 0.29) is 11.8 Å². The Kier molecular flexibility index (Phi) is 3.56. The number of amides is 2. The van der Waals surface area contributed by atoms with Crippen LogP contribution in [0.25, 0.3) is 10.8 Å². The molecule has 0 atom stereocenters. The highest BCUT2D eigenvalue weighted by molar-refractivity contribution is 6.20. The van der Waals surface area contributed by atoms with Crippen molar-refractivity contribution in [2.24, 2.45) is 0 Å². The lowest BCUT2D eigenvalue weighted by molar-refractivity contribution is -0.117. The van der Waals surface area contributed by atoms with E-state index in [9.17, 15) is 9.59 Å². The van der Waals surface area contributed by atoms with Crippen LogP contribution in [-0.4, -0.2) is 11.8 Å². The van der Waals surface area contributed by atoms with E-state index < -0.39 is 0 Å². The molecule has 4 nitrogen and oxygen atoms in total. The second-order valence-corrected chi connectivity index (χ2v) is 7.72. The highest BCUT2D eigenvalue weighted by atomic mass is 16.2. The summed E-state index contributed by atoms with van der Waals surface area (Å²) in [4.78, 5) is 29.4. The van der Waals surface area contributed by atoms with Crippen LogP contribution in [0, 0.1) is 0 Å². The Labute approximate surface area is 174 Å². The van der Waals surface area contributed by atoms with Crippen LogP contribution in [0.3, 0.4) is 0 Å². The minimum absolute atomic E-state index is 0.0696. The number of para-hydroxylation sites is 2. The molecule has 0 saturated heterocycles. The van der Waals surface area contributed by atoms with Gasteiger partial charge in [-0.25, -0.2) is 0 Å². The van der Waals surface area contributed by atoms with Crippen LogP contribution >= 0.6 is 0 Å². The Bertz CT molecular complexity index is 1230. The van der Waals surface area contributed by atoms with Gasteiger partial charge in [0.25, 0.3) is 0 Å². The highest BCUT2D eigenvalue weighted by Gasteiger charge is 2.34. The number of anilines is 4.